The van der Waals surface area contributed by atoms with Gasteiger partial charge in [0.05, 0.1) is 10.0 Å². The van der Waals surface area contributed by atoms with E-state index in [9.17, 15) is 4.79 Å². The average Bonchev–Trinajstić information content (AvgIpc) is 2.67. The fraction of sp³-hybridized carbons (Fsp3) is 0.381. The summed E-state index contributed by atoms with van der Waals surface area (Å²) in [5.74, 6) is 0.388. The molecule has 1 aliphatic rings. The second kappa shape index (κ2) is 8.43. The van der Waals surface area contributed by atoms with Crippen molar-refractivity contribution in [1.82, 2.24) is 10.6 Å². The van der Waals surface area contributed by atoms with E-state index in [1.54, 1.807) is 7.05 Å². The zero-order valence-electron chi connectivity index (χ0n) is 15.1. The Morgan fingerprint density at radius 2 is 1.85 bits per heavy atom. The molecule has 3 rings (SSSR count). The van der Waals surface area contributed by atoms with Gasteiger partial charge in [-0.2, -0.15) is 0 Å². The fourth-order valence-corrected chi connectivity index (χ4v) is 4.11. The fourth-order valence-electron chi connectivity index (χ4n) is 3.80. The Bertz CT molecular complexity index is 807. The quantitative estimate of drug-likeness (QED) is 0.765. The maximum atomic E-state index is 11.5. The molecule has 138 valence electrons. The lowest BCUT2D eigenvalue weighted by atomic mass is 9.76. The van der Waals surface area contributed by atoms with Crippen molar-refractivity contribution in [3.05, 3.63) is 68.7 Å². The third-order valence-corrected chi connectivity index (χ3v) is 6.00. The predicted octanol–water partition coefficient (Wildman–Crippen LogP) is 4.86. The minimum atomic E-state index is 0.0709. The molecule has 0 spiro atoms. The van der Waals surface area contributed by atoms with Crippen molar-refractivity contribution in [3.8, 4) is 0 Å². The Labute approximate surface area is 165 Å². The highest BCUT2D eigenvalue weighted by molar-refractivity contribution is 6.42. The predicted molar refractivity (Wildman–Crippen MR) is 108 cm³/mol. The van der Waals surface area contributed by atoms with Gasteiger partial charge in [-0.25, -0.2) is 0 Å². The van der Waals surface area contributed by atoms with E-state index in [4.69, 9.17) is 23.2 Å². The molecule has 5 heteroatoms. The van der Waals surface area contributed by atoms with Crippen LogP contribution in [0.15, 0.2) is 36.4 Å². The van der Waals surface area contributed by atoms with Crippen LogP contribution in [0, 0.1) is 0 Å². The Kier molecular flexibility index (Phi) is 6.23. The standard InChI is InChI=1S/C21H24Cl2N2O/c1-24-20-9-7-15(14-5-8-18(22)19(23)12-14)16-6-3-13(11-17(16)20)4-10-21(26)25-2/h3,5-6,8,11-12,15,20,24H,4,7,9-10H2,1-2H3,(H,25,26)/t15-,20-/m0/s1. The third kappa shape index (κ3) is 4.06. The summed E-state index contributed by atoms with van der Waals surface area (Å²) in [6.07, 6.45) is 3.39. The van der Waals surface area contributed by atoms with E-state index >= 15 is 0 Å². The summed E-state index contributed by atoms with van der Waals surface area (Å²) < 4.78 is 0. The van der Waals surface area contributed by atoms with Crippen LogP contribution in [0.5, 0.6) is 0 Å². The van der Waals surface area contributed by atoms with Gasteiger partial charge < -0.3 is 10.6 Å². The smallest absolute Gasteiger partial charge is 0.220 e. The van der Waals surface area contributed by atoms with Crippen LogP contribution >= 0.6 is 23.2 Å². The van der Waals surface area contributed by atoms with Crippen LogP contribution in [0.2, 0.25) is 10.0 Å². The lowest BCUT2D eigenvalue weighted by Crippen LogP contribution is -2.24. The second-order valence-corrected chi connectivity index (χ2v) is 7.60. The second-order valence-electron chi connectivity index (χ2n) is 6.78. The first-order valence-corrected chi connectivity index (χ1v) is 9.74. The molecule has 26 heavy (non-hydrogen) atoms. The van der Waals surface area contributed by atoms with Crippen molar-refractivity contribution in [2.45, 2.75) is 37.6 Å². The minimum Gasteiger partial charge on any atom is -0.359 e. The Morgan fingerprint density at radius 1 is 1.04 bits per heavy atom. The maximum Gasteiger partial charge on any atom is 0.220 e. The molecule has 2 aromatic rings. The number of fused-ring (bicyclic) bond motifs is 1. The summed E-state index contributed by atoms with van der Waals surface area (Å²) in [5.41, 5.74) is 5.05. The van der Waals surface area contributed by atoms with E-state index in [1.165, 1.54) is 22.3 Å². The van der Waals surface area contributed by atoms with E-state index in [0.717, 1.165) is 19.3 Å². The van der Waals surface area contributed by atoms with Crippen LogP contribution in [0.3, 0.4) is 0 Å². The molecule has 0 radical (unpaired) electrons. The number of hydrogen-bond acceptors (Lipinski definition) is 2. The van der Waals surface area contributed by atoms with Gasteiger partial charge in [0.2, 0.25) is 5.91 Å². The summed E-state index contributed by atoms with van der Waals surface area (Å²) in [7, 11) is 3.68. The monoisotopic (exact) mass is 390 g/mol. The first-order valence-electron chi connectivity index (χ1n) is 8.99. The molecule has 1 aliphatic carbocycles. The van der Waals surface area contributed by atoms with Crippen molar-refractivity contribution >= 4 is 29.1 Å². The van der Waals surface area contributed by atoms with Crippen LogP contribution < -0.4 is 10.6 Å². The third-order valence-electron chi connectivity index (χ3n) is 5.26. The molecule has 0 fully saturated rings. The van der Waals surface area contributed by atoms with Crippen molar-refractivity contribution < 1.29 is 4.79 Å². The highest BCUT2D eigenvalue weighted by Crippen LogP contribution is 2.42. The lowest BCUT2D eigenvalue weighted by molar-refractivity contribution is -0.120. The SMILES string of the molecule is CNC(=O)CCc1ccc2c(c1)[C@@H](NC)CC[C@H]2c1ccc(Cl)c(Cl)c1. The van der Waals surface area contributed by atoms with Gasteiger partial charge in [0.1, 0.15) is 0 Å². The number of carbonyl (C=O) groups is 1. The average molecular weight is 391 g/mol. The normalized spacial score (nSPS) is 19.1. The molecule has 0 saturated heterocycles. The van der Waals surface area contributed by atoms with E-state index in [-0.39, 0.29) is 5.91 Å². The highest BCUT2D eigenvalue weighted by Gasteiger charge is 2.28. The summed E-state index contributed by atoms with van der Waals surface area (Å²) in [4.78, 5) is 11.5. The molecule has 0 bridgehead atoms. The minimum absolute atomic E-state index is 0.0709. The summed E-state index contributed by atoms with van der Waals surface area (Å²) >= 11 is 12.3. The van der Waals surface area contributed by atoms with Gasteiger partial charge in [0.25, 0.3) is 0 Å². The van der Waals surface area contributed by atoms with Gasteiger partial charge >= 0.3 is 0 Å². The van der Waals surface area contributed by atoms with Crippen molar-refractivity contribution in [1.29, 1.82) is 0 Å². The number of nitrogens with one attached hydrogen (secondary N) is 2. The van der Waals surface area contributed by atoms with Crippen LogP contribution in [-0.2, 0) is 11.2 Å². The number of hydrogen-bond donors (Lipinski definition) is 2. The first kappa shape index (κ1) is 19.2. The van der Waals surface area contributed by atoms with Gasteiger partial charge in [0, 0.05) is 25.4 Å². The van der Waals surface area contributed by atoms with Crippen molar-refractivity contribution in [2.75, 3.05) is 14.1 Å². The molecule has 2 atom stereocenters. The number of rotatable bonds is 5. The van der Waals surface area contributed by atoms with Crippen LogP contribution in [0.4, 0.5) is 0 Å². The summed E-state index contributed by atoms with van der Waals surface area (Å²) in [6, 6.07) is 12.9. The molecule has 0 unspecified atom stereocenters. The number of carbonyl (C=O) groups excluding carboxylic acids is 1. The number of benzene rings is 2. The highest BCUT2D eigenvalue weighted by atomic mass is 35.5. The maximum absolute atomic E-state index is 11.5. The van der Waals surface area contributed by atoms with Crippen LogP contribution in [0.25, 0.3) is 0 Å². The molecule has 0 saturated carbocycles. The van der Waals surface area contributed by atoms with Gasteiger partial charge in [-0.15, -0.1) is 0 Å². The van der Waals surface area contributed by atoms with E-state index in [1.807, 2.05) is 19.2 Å². The van der Waals surface area contributed by atoms with Crippen LogP contribution in [0.1, 0.15) is 53.5 Å². The summed E-state index contributed by atoms with van der Waals surface area (Å²) in [6.45, 7) is 0. The van der Waals surface area contributed by atoms with E-state index in [0.29, 0.717) is 28.4 Å². The molecule has 1 amide bonds. The van der Waals surface area contributed by atoms with E-state index < -0.39 is 0 Å². The molecular weight excluding hydrogens is 367 g/mol. The Morgan fingerprint density at radius 3 is 2.54 bits per heavy atom. The molecule has 2 N–H and O–H groups in total. The number of halogens is 2. The first-order chi connectivity index (χ1) is 12.5. The molecule has 0 aliphatic heterocycles. The summed E-state index contributed by atoms with van der Waals surface area (Å²) in [5, 5.41) is 7.30. The topological polar surface area (TPSA) is 41.1 Å². The molecular formula is C21H24Cl2N2O. The van der Waals surface area contributed by atoms with Gasteiger partial charge in [-0.3, -0.25) is 4.79 Å². The van der Waals surface area contributed by atoms with Crippen molar-refractivity contribution in [3.63, 3.8) is 0 Å². The zero-order chi connectivity index (χ0) is 18.7. The Hall–Kier alpha value is -1.55. The molecule has 0 aromatic heterocycles. The number of aryl methyl sites for hydroxylation is 1. The van der Waals surface area contributed by atoms with Crippen LogP contribution in [-0.4, -0.2) is 20.0 Å². The van der Waals surface area contributed by atoms with Gasteiger partial charge in [-0.05, 0) is 60.7 Å². The lowest BCUT2D eigenvalue weighted by Gasteiger charge is -2.32. The van der Waals surface area contributed by atoms with Crippen molar-refractivity contribution in [2.24, 2.45) is 0 Å². The van der Waals surface area contributed by atoms with Gasteiger partial charge in [0.15, 0.2) is 0 Å². The Balaban J connectivity index is 1.93. The number of amides is 1. The largest absolute Gasteiger partial charge is 0.359 e. The van der Waals surface area contributed by atoms with Gasteiger partial charge in [-0.1, -0.05) is 47.5 Å². The van der Waals surface area contributed by atoms with E-state index in [2.05, 4.69) is 34.9 Å². The molecule has 2 aromatic carbocycles. The molecule has 3 nitrogen and oxygen atoms in total. The zero-order valence-corrected chi connectivity index (χ0v) is 16.6. The molecule has 0 heterocycles.